The number of fused-ring (bicyclic) bond motifs is 1. The molecule has 1 aromatic carbocycles. The van der Waals surface area contributed by atoms with Gasteiger partial charge in [0.15, 0.2) is 0 Å². The van der Waals surface area contributed by atoms with Gasteiger partial charge in [0.25, 0.3) is 0 Å². The van der Waals surface area contributed by atoms with Gasteiger partial charge in [-0.3, -0.25) is 0 Å². The van der Waals surface area contributed by atoms with Gasteiger partial charge < -0.3 is 15.3 Å². The summed E-state index contributed by atoms with van der Waals surface area (Å²) >= 11 is 0. The van der Waals surface area contributed by atoms with E-state index < -0.39 is 0 Å². The highest BCUT2D eigenvalue weighted by molar-refractivity contribution is 5.51. The molecule has 0 amide bonds. The van der Waals surface area contributed by atoms with Crippen LogP contribution < -0.4 is 10.2 Å². The van der Waals surface area contributed by atoms with Crippen molar-refractivity contribution in [3.05, 3.63) is 47.2 Å². The fourth-order valence-corrected chi connectivity index (χ4v) is 3.76. The van der Waals surface area contributed by atoms with Gasteiger partial charge in [0.05, 0.1) is 18.3 Å². The van der Waals surface area contributed by atoms with E-state index in [0.29, 0.717) is 11.9 Å². The lowest BCUT2D eigenvalue weighted by Crippen LogP contribution is -2.49. The summed E-state index contributed by atoms with van der Waals surface area (Å²) in [5, 5.41) is 13.1. The van der Waals surface area contributed by atoms with Gasteiger partial charge in [-0.1, -0.05) is 52.0 Å². The average Bonchev–Trinajstić information content (AvgIpc) is 2.64. The molecule has 2 N–H and O–H groups in total. The Morgan fingerprint density at radius 3 is 2.39 bits per heavy atom. The zero-order valence-corrected chi connectivity index (χ0v) is 18.0. The summed E-state index contributed by atoms with van der Waals surface area (Å²) in [6, 6.07) is 10.7. The molecule has 1 aromatic heterocycles. The normalized spacial score (nSPS) is 17.0. The van der Waals surface area contributed by atoms with Crippen LogP contribution in [0, 0.1) is 5.92 Å². The number of hydrogen-bond donors (Lipinski definition) is 2. The molecule has 0 unspecified atom stereocenters. The summed E-state index contributed by atoms with van der Waals surface area (Å²) in [7, 11) is 0. The molecule has 152 valence electrons. The van der Waals surface area contributed by atoms with Crippen molar-refractivity contribution in [2.24, 2.45) is 5.92 Å². The molecule has 5 nitrogen and oxygen atoms in total. The number of aliphatic hydroxyl groups is 1. The standard InChI is InChI=1S/C23H34N4O/c1-15(2)19-11-21(26-22(24-19)25-20(14-28)16(3)4)27-13-18-10-8-7-9-17(18)12-23(27,5)6/h7-11,15-16,20,28H,12-14H2,1-6H3,(H,24,25,26)/t20-/m1/s1. The molecule has 5 heteroatoms. The van der Waals surface area contributed by atoms with Crippen molar-refractivity contribution in [3.8, 4) is 0 Å². The van der Waals surface area contributed by atoms with Crippen LogP contribution in [0.3, 0.4) is 0 Å². The topological polar surface area (TPSA) is 61.3 Å². The smallest absolute Gasteiger partial charge is 0.225 e. The number of nitrogens with zero attached hydrogens (tertiary/aromatic N) is 3. The minimum atomic E-state index is -0.0645. The average molecular weight is 383 g/mol. The minimum Gasteiger partial charge on any atom is -0.394 e. The molecule has 1 atom stereocenters. The van der Waals surface area contributed by atoms with Gasteiger partial charge in [-0.25, -0.2) is 4.98 Å². The predicted octanol–water partition coefficient (Wildman–Crippen LogP) is 4.37. The fourth-order valence-electron chi connectivity index (χ4n) is 3.76. The van der Waals surface area contributed by atoms with Crippen LogP contribution in [0.2, 0.25) is 0 Å². The second-order valence-electron chi connectivity index (χ2n) is 9.15. The Kier molecular flexibility index (Phi) is 5.94. The second-order valence-corrected chi connectivity index (χ2v) is 9.15. The largest absolute Gasteiger partial charge is 0.394 e. The maximum atomic E-state index is 9.72. The quantitative estimate of drug-likeness (QED) is 0.777. The minimum absolute atomic E-state index is 0.0390. The van der Waals surface area contributed by atoms with E-state index in [2.05, 4.69) is 82.1 Å². The Labute approximate surface area is 169 Å². The Balaban J connectivity index is 2.00. The van der Waals surface area contributed by atoms with E-state index in [1.54, 1.807) is 0 Å². The summed E-state index contributed by atoms with van der Waals surface area (Å²) in [6.07, 6.45) is 0.984. The van der Waals surface area contributed by atoms with E-state index in [4.69, 9.17) is 9.97 Å². The van der Waals surface area contributed by atoms with E-state index in [1.165, 1.54) is 11.1 Å². The molecule has 1 aliphatic rings. The number of benzene rings is 1. The number of aliphatic hydroxyl groups excluding tert-OH is 1. The molecule has 2 heterocycles. The predicted molar refractivity (Wildman–Crippen MR) is 116 cm³/mol. The van der Waals surface area contributed by atoms with Crippen molar-refractivity contribution in [3.63, 3.8) is 0 Å². The van der Waals surface area contributed by atoms with Crippen LogP contribution in [0.15, 0.2) is 30.3 Å². The maximum Gasteiger partial charge on any atom is 0.225 e. The van der Waals surface area contributed by atoms with Crippen molar-refractivity contribution in [2.75, 3.05) is 16.8 Å². The molecule has 0 saturated carbocycles. The van der Waals surface area contributed by atoms with E-state index in [0.717, 1.165) is 24.5 Å². The summed E-state index contributed by atoms with van der Waals surface area (Å²) in [6.45, 7) is 13.9. The molecular weight excluding hydrogens is 348 g/mol. The summed E-state index contributed by atoms with van der Waals surface area (Å²) in [5.41, 5.74) is 3.75. The highest BCUT2D eigenvalue weighted by atomic mass is 16.3. The van der Waals surface area contributed by atoms with Crippen LogP contribution in [-0.2, 0) is 13.0 Å². The SMILES string of the molecule is CC(C)c1cc(N2Cc3ccccc3CC2(C)C)nc(N[C@H](CO)C(C)C)n1. The van der Waals surface area contributed by atoms with Crippen LogP contribution >= 0.6 is 0 Å². The molecule has 0 saturated heterocycles. The van der Waals surface area contributed by atoms with Crippen molar-refractivity contribution >= 4 is 11.8 Å². The summed E-state index contributed by atoms with van der Waals surface area (Å²) in [5.74, 6) is 2.14. The maximum absolute atomic E-state index is 9.72. The first kappa shape index (κ1) is 20.6. The van der Waals surface area contributed by atoms with E-state index >= 15 is 0 Å². The molecule has 0 bridgehead atoms. The lowest BCUT2D eigenvalue weighted by Gasteiger charge is -2.44. The molecule has 28 heavy (non-hydrogen) atoms. The van der Waals surface area contributed by atoms with Crippen LogP contribution in [-0.4, -0.2) is 33.3 Å². The number of rotatable bonds is 6. The zero-order valence-electron chi connectivity index (χ0n) is 18.0. The van der Waals surface area contributed by atoms with Crippen LogP contribution in [0.5, 0.6) is 0 Å². The van der Waals surface area contributed by atoms with Crippen LogP contribution in [0.4, 0.5) is 11.8 Å². The molecule has 0 aliphatic carbocycles. The first-order valence-electron chi connectivity index (χ1n) is 10.3. The van der Waals surface area contributed by atoms with E-state index in [9.17, 15) is 5.11 Å². The summed E-state index contributed by atoms with van der Waals surface area (Å²) in [4.78, 5) is 12.0. The zero-order chi connectivity index (χ0) is 20.5. The molecule has 1 aliphatic heterocycles. The third-order valence-corrected chi connectivity index (χ3v) is 5.72. The van der Waals surface area contributed by atoms with Crippen molar-refractivity contribution in [2.45, 2.75) is 72.0 Å². The third-order valence-electron chi connectivity index (χ3n) is 5.72. The highest BCUT2D eigenvalue weighted by Crippen LogP contribution is 2.35. The molecule has 0 radical (unpaired) electrons. The molecule has 2 aromatic rings. The number of hydrogen-bond acceptors (Lipinski definition) is 5. The Morgan fingerprint density at radius 2 is 1.79 bits per heavy atom. The number of anilines is 2. The van der Waals surface area contributed by atoms with Gasteiger partial charge in [0.2, 0.25) is 5.95 Å². The molecule has 3 rings (SSSR count). The van der Waals surface area contributed by atoms with E-state index in [1.807, 2.05) is 0 Å². The fraction of sp³-hybridized carbons (Fsp3) is 0.565. The van der Waals surface area contributed by atoms with Gasteiger partial charge in [-0.2, -0.15) is 4.98 Å². The monoisotopic (exact) mass is 382 g/mol. The third kappa shape index (κ3) is 4.30. The van der Waals surface area contributed by atoms with Crippen molar-refractivity contribution in [1.82, 2.24) is 9.97 Å². The highest BCUT2D eigenvalue weighted by Gasteiger charge is 2.34. The Hall–Kier alpha value is -2.14. The first-order valence-corrected chi connectivity index (χ1v) is 10.3. The van der Waals surface area contributed by atoms with Crippen molar-refractivity contribution in [1.29, 1.82) is 0 Å². The Bertz CT molecular complexity index is 816. The number of nitrogens with one attached hydrogen (secondary N) is 1. The van der Waals surface area contributed by atoms with Crippen LogP contribution in [0.1, 0.15) is 64.3 Å². The second kappa shape index (κ2) is 8.08. The lowest BCUT2D eigenvalue weighted by atomic mass is 9.85. The van der Waals surface area contributed by atoms with Gasteiger partial charge in [0, 0.05) is 18.2 Å². The first-order chi connectivity index (χ1) is 13.2. The van der Waals surface area contributed by atoms with Crippen molar-refractivity contribution < 1.29 is 5.11 Å². The van der Waals surface area contributed by atoms with E-state index in [-0.39, 0.29) is 24.1 Å². The van der Waals surface area contributed by atoms with Gasteiger partial charge in [-0.05, 0) is 43.2 Å². The number of aromatic nitrogens is 2. The Morgan fingerprint density at radius 1 is 1.11 bits per heavy atom. The molecule has 0 spiro atoms. The van der Waals surface area contributed by atoms with Gasteiger partial charge in [0.1, 0.15) is 5.82 Å². The lowest BCUT2D eigenvalue weighted by molar-refractivity contribution is 0.248. The van der Waals surface area contributed by atoms with Gasteiger partial charge in [-0.15, -0.1) is 0 Å². The van der Waals surface area contributed by atoms with Crippen LogP contribution in [0.25, 0.3) is 0 Å². The molecular formula is C23H34N4O. The van der Waals surface area contributed by atoms with Gasteiger partial charge >= 0.3 is 0 Å². The summed E-state index contributed by atoms with van der Waals surface area (Å²) < 4.78 is 0. The molecule has 0 fully saturated rings.